The van der Waals surface area contributed by atoms with E-state index >= 15 is 0 Å². The minimum absolute atomic E-state index is 0.112. The van der Waals surface area contributed by atoms with Gasteiger partial charge in [-0.2, -0.15) is 0 Å². The van der Waals surface area contributed by atoms with Crippen molar-refractivity contribution in [3.05, 3.63) is 44.9 Å². The number of imide groups is 1. The second kappa shape index (κ2) is 7.51. The number of hydrogen-bond donors (Lipinski definition) is 0. The molecule has 2 amide bonds. The number of ether oxygens (including phenoxy) is 1. The fourth-order valence-electron chi connectivity index (χ4n) is 2.51. The molecule has 0 saturated carbocycles. The Morgan fingerprint density at radius 3 is 2.65 bits per heavy atom. The van der Waals surface area contributed by atoms with Gasteiger partial charge in [0.1, 0.15) is 16.6 Å². The van der Waals surface area contributed by atoms with Gasteiger partial charge in [0.15, 0.2) is 0 Å². The smallest absolute Gasteiger partial charge is 0.338 e. The van der Waals surface area contributed by atoms with E-state index in [1.807, 2.05) is 13.8 Å². The molecular weight excluding hydrogens is 378 g/mol. The molecule has 0 fully saturated rings. The van der Waals surface area contributed by atoms with Crippen molar-refractivity contribution < 1.29 is 19.1 Å². The molecule has 1 aliphatic heterocycles. The second-order valence-corrected chi connectivity index (χ2v) is 7.63. The summed E-state index contributed by atoms with van der Waals surface area (Å²) in [5, 5.41) is 3.76. The molecule has 0 atom stereocenters. The van der Waals surface area contributed by atoms with Crippen LogP contribution in [-0.4, -0.2) is 38.8 Å². The first-order chi connectivity index (χ1) is 12.4. The number of esters is 1. The van der Waals surface area contributed by atoms with Crippen LogP contribution in [0.1, 0.15) is 57.0 Å². The maximum Gasteiger partial charge on any atom is 0.338 e. The van der Waals surface area contributed by atoms with Gasteiger partial charge < -0.3 is 4.74 Å². The molecule has 0 spiro atoms. The first-order valence-corrected chi connectivity index (χ1v) is 9.17. The number of carbonyl (C=O) groups excluding carboxylic acids is 3. The summed E-state index contributed by atoms with van der Waals surface area (Å²) in [6.07, 6.45) is 0.725. The van der Waals surface area contributed by atoms with Crippen LogP contribution in [0.4, 0.5) is 0 Å². The molecule has 3 rings (SSSR count). The van der Waals surface area contributed by atoms with Gasteiger partial charge in [-0.25, -0.2) is 4.79 Å². The lowest BCUT2D eigenvalue weighted by Gasteiger charge is -2.14. The predicted octanol–water partition coefficient (Wildman–Crippen LogP) is 3.19. The van der Waals surface area contributed by atoms with Crippen molar-refractivity contribution in [2.45, 2.75) is 26.9 Å². The topological polar surface area (TPSA) is 89.5 Å². The molecule has 2 aromatic rings. The van der Waals surface area contributed by atoms with Crippen LogP contribution in [0.15, 0.2) is 18.2 Å². The molecule has 1 aromatic carbocycles. The summed E-state index contributed by atoms with van der Waals surface area (Å²) in [6.45, 7) is 4.30. The van der Waals surface area contributed by atoms with Crippen molar-refractivity contribution in [3.63, 3.8) is 0 Å². The molecular formula is C17H16ClN3O4S. The number of nitrogens with zero attached hydrogens (tertiary/aromatic N) is 3. The first kappa shape index (κ1) is 18.5. The third kappa shape index (κ3) is 3.61. The predicted molar refractivity (Wildman–Crippen MR) is 95.3 cm³/mol. The maximum atomic E-state index is 12.5. The minimum Gasteiger partial charge on any atom is -0.455 e. The summed E-state index contributed by atoms with van der Waals surface area (Å²) in [7, 11) is 0. The minimum atomic E-state index is -0.627. The molecule has 2 heterocycles. The lowest BCUT2D eigenvalue weighted by Crippen LogP contribution is -2.31. The van der Waals surface area contributed by atoms with Gasteiger partial charge in [-0.1, -0.05) is 29.9 Å². The van der Waals surface area contributed by atoms with Crippen molar-refractivity contribution in [1.29, 1.82) is 0 Å². The van der Waals surface area contributed by atoms with Crippen LogP contribution < -0.4 is 0 Å². The van der Waals surface area contributed by atoms with E-state index in [-0.39, 0.29) is 29.5 Å². The molecule has 0 unspecified atom stereocenters. The molecule has 26 heavy (non-hydrogen) atoms. The van der Waals surface area contributed by atoms with E-state index in [0.717, 1.165) is 18.0 Å². The standard InChI is InChI=1S/C17H16ClN3O4S/c1-9(2)5-6-21-15(22)11-4-3-10(7-12(11)16(21)23)17(24)25-8-13-14(18)26-20-19-13/h3-4,7,9H,5-6,8H2,1-2H3. The summed E-state index contributed by atoms with van der Waals surface area (Å²) < 4.78 is 9.16. The van der Waals surface area contributed by atoms with Gasteiger partial charge in [0.2, 0.25) is 0 Å². The number of benzene rings is 1. The highest BCUT2D eigenvalue weighted by Gasteiger charge is 2.35. The number of aromatic nitrogens is 2. The Morgan fingerprint density at radius 2 is 2.00 bits per heavy atom. The van der Waals surface area contributed by atoms with Gasteiger partial charge in [0, 0.05) is 18.1 Å². The van der Waals surface area contributed by atoms with Gasteiger partial charge in [-0.15, -0.1) is 5.10 Å². The summed E-state index contributed by atoms with van der Waals surface area (Å²) >= 11 is 6.86. The molecule has 9 heteroatoms. The Morgan fingerprint density at radius 1 is 1.27 bits per heavy atom. The average Bonchev–Trinajstić information content (AvgIpc) is 3.12. The van der Waals surface area contributed by atoms with Gasteiger partial charge in [0.05, 0.1) is 16.7 Å². The van der Waals surface area contributed by atoms with E-state index in [2.05, 4.69) is 9.59 Å². The molecule has 0 N–H and O–H groups in total. The van der Waals surface area contributed by atoms with Crippen LogP contribution in [0.2, 0.25) is 4.34 Å². The Hall–Kier alpha value is -2.32. The summed E-state index contributed by atoms with van der Waals surface area (Å²) in [5.74, 6) is -0.965. The van der Waals surface area contributed by atoms with Gasteiger partial charge in [0.25, 0.3) is 11.8 Å². The number of halogens is 1. The van der Waals surface area contributed by atoms with Crippen LogP contribution in [0.3, 0.4) is 0 Å². The molecule has 7 nitrogen and oxygen atoms in total. The van der Waals surface area contributed by atoms with Crippen LogP contribution in [0, 0.1) is 5.92 Å². The number of carbonyl (C=O) groups is 3. The van der Waals surface area contributed by atoms with Crippen LogP contribution in [-0.2, 0) is 11.3 Å². The van der Waals surface area contributed by atoms with E-state index in [0.29, 0.717) is 28.1 Å². The fraction of sp³-hybridized carbons (Fsp3) is 0.353. The Balaban J connectivity index is 1.73. The van der Waals surface area contributed by atoms with Crippen molar-refractivity contribution in [2.24, 2.45) is 5.92 Å². The largest absolute Gasteiger partial charge is 0.455 e. The van der Waals surface area contributed by atoms with E-state index in [1.54, 1.807) is 0 Å². The second-order valence-electron chi connectivity index (χ2n) is 6.27. The zero-order valence-electron chi connectivity index (χ0n) is 14.2. The lowest BCUT2D eigenvalue weighted by molar-refractivity contribution is 0.0467. The van der Waals surface area contributed by atoms with Gasteiger partial charge in [-0.05, 0) is 30.5 Å². The molecule has 1 aliphatic rings. The molecule has 0 bridgehead atoms. The van der Waals surface area contributed by atoms with E-state index in [9.17, 15) is 14.4 Å². The Kier molecular flexibility index (Phi) is 5.33. The number of amides is 2. The van der Waals surface area contributed by atoms with Crippen molar-refractivity contribution in [2.75, 3.05) is 6.54 Å². The van der Waals surface area contributed by atoms with E-state index in [1.165, 1.54) is 23.1 Å². The molecule has 136 valence electrons. The van der Waals surface area contributed by atoms with Crippen LogP contribution in [0.25, 0.3) is 0 Å². The Bertz CT molecular complexity index is 881. The normalized spacial score (nSPS) is 13.5. The van der Waals surface area contributed by atoms with Gasteiger partial charge in [-0.3, -0.25) is 14.5 Å². The van der Waals surface area contributed by atoms with Crippen molar-refractivity contribution >= 4 is 40.9 Å². The first-order valence-electron chi connectivity index (χ1n) is 8.02. The summed E-state index contributed by atoms with van der Waals surface area (Å²) in [6, 6.07) is 4.35. The molecule has 1 aromatic heterocycles. The highest BCUT2D eigenvalue weighted by atomic mass is 35.5. The van der Waals surface area contributed by atoms with E-state index < -0.39 is 5.97 Å². The molecule has 0 saturated heterocycles. The van der Waals surface area contributed by atoms with E-state index in [4.69, 9.17) is 16.3 Å². The summed E-state index contributed by atoms with van der Waals surface area (Å²) in [4.78, 5) is 38.3. The molecule has 0 radical (unpaired) electrons. The monoisotopic (exact) mass is 393 g/mol. The summed E-state index contributed by atoms with van der Waals surface area (Å²) in [5.41, 5.74) is 1.09. The number of hydrogen-bond acceptors (Lipinski definition) is 7. The quantitative estimate of drug-likeness (QED) is 0.553. The van der Waals surface area contributed by atoms with Crippen molar-refractivity contribution in [1.82, 2.24) is 14.5 Å². The third-order valence-electron chi connectivity index (χ3n) is 3.99. The number of fused-ring (bicyclic) bond motifs is 1. The highest BCUT2D eigenvalue weighted by molar-refractivity contribution is 7.10. The fourth-order valence-corrected chi connectivity index (χ4v) is 3.11. The SMILES string of the molecule is CC(C)CCN1C(=O)c2ccc(C(=O)OCc3nnsc3Cl)cc2C1=O. The maximum absolute atomic E-state index is 12.5. The zero-order chi connectivity index (χ0) is 18.8. The third-order valence-corrected chi connectivity index (χ3v) is 4.97. The zero-order valence-corrected chi connectivity index (χ0v) is 15.8. The highest BCUT2D eigenvalue weighted by Crippen LogP contribution is 2.25. The average molecular weight is 394 g/mol. The molecule has 0 aliphatic carbocycles. The lowest BCUT2D eigenvalue weighted by atomic mass is 10.1. The van der Waals surface area contributed by atoms with Crippen LogP contribution in [0.5, 0.6) is 0 Å². The van der Waals surface area contributed by atoms with Gasteiger partial charge >= 0.3 is 5.97 Å². The van der Waals surface area contributed by atoms with Crippen molar-refractivity contribution in [3.8, 4) is 0 Å². The van der Waals surface area contributed by atoms with Crippen LogP contribution >= 0.6 is 23.1 Å². The Labute approximate surface area is 159 Å². The number of rotatable bonds is 6.